The second-order valence-corrected chi connectivity index (χ2v) is 7.89. The van der Waals surface area contributed by atoms with Crippen molar-refractivity contribution >= 4 is 23.0 Å². The van der Waals surface area contributed by atoms with Gasteiger partial charge < -0.3 is 37.3 Å². The van der Waals surface area contributed by atoms with E-state index in [1.165, 1.54) is 17.2 Å². The zero-order chi connectivity index (χ0) is 21.6. The third-order valence-corrected chi connectivity index (χ3v) is 5.59. The van der Waals surface area contributed by atoms with Crippen LogP contribution in [0.15, 0.2) is 12.7 Å². The van der Waals surface area contributed by atoms with E-state index in [4.69, 9.17) is 27.0 Å². The fourth-order valence-corrected chi connectivity index (χ4v) is 3.89. The highest BCUT2D eigenvalue weighted by Gasteiger charge is 2.59. The van der Waals surface area contributed by atoms with Crippen molar-refractivity contribution in [3.63, 3.8) is 0 Å². The van der Waals surface area contributed by atoms with Crippen LogP contribution in [0.2, 0.25) is 0 Å². The number of nitrogens with two attached hydrogens (primary N) is 3. The molecule has 0 aliphatic carbocycles. The van der Waals surface area contributed by atoms with Gasteiger partial charge in [-0.2, -0.15) is 0 Å². The Morgan fingerprint density at radius 3 is 2.59 bits per heavy atom. The summed E-state index contributed by atoms with van der Waals surface area (Å²) < 4.78 is 7.68. The molecular formula is C17H27N7O5. The molecule has 29 heavy (non-hydrogen) atoms. The molecule has 0 radical (unpaired) electrons. The molecule has 2 aromatic rings. The van der Waals surface area contributed by atoms with E-state index in [-0.39, 0.29) is 18.7 Å². The zero-order valence-corrected chi connectivity index (χ0v) is 16.3. The van der Waals surface area contributed by atoms with Crippen molar-refractivity contribution in [3.05, 3.63) is 12.7 Å². The van der Waals surface area contributed by atoms with Gasteiger partial charge in [-0.25, -0.2) is 15.0 Å². The minimum atomic E-state index is -1.39. The Kier molecular flexibility index (Phi) is 5.49. The Morgan fingerprint density at radius 1 is 1.24 bits per heavy atom. The minimum Gasteiger partial charge on any atom is -0.480 e. The molecule has 6 atom stereocenters. The van der Waals surface area contributed by atoms with Gasteiger partial charge in [0.1, 0.15) is 30.1 Å². The zero-order valence-electron chi connectivity index (χ0n) is 16.3. The molecule has 2 aromatic heterocycles. The highest BCUT2D eigenvalue weighted by Crippen LogP contribution is 2.44. The first-order valence-electron chi connectivity index (χ1n) is 9.24. The molecule has 12 heteroatoms. The van der Waals surface area contributed by atoms with Gasteiger partial charge >= 0.3 is 5.97 Å². The Bertz CT molecular complexity index is 907. The van der Waals surface area contributed by atoms with E-state index in [0.29, 0.717) is 17.6 Å². The van der Waals surface area contributed by atoms with Crippen LogP contribution in [0.25, 0.3) is 11.2 Å². The molecule has 0 spiro atoms. The third-order valence-electron chi connectivity index (χ3n) is 5.59. The summed E-state index contributed by atoms with van der Waals surface area (Å²) in [5.41, 5.74) is 15.6. The fraction of sp³-hybridized carbons (Fsp3) is 0.647. The number of aliphatic hydroxyl groups excluding tert-OH is 2. The SMILES string of the molecule is C[C@]1(CC(N)CCC(N)C(=O)O)O[C@@](C)(n2cnc3c(N)ncnc32)[C@@H](O)[C@H]1O. The average Bonchev–Trinajstić information content (AvgIpc) is 3.16. The number of anilines is 1. The van der Waals surface area contributed by atoms with E-state index in [1.54, 1.807) is 13.8 Å². The van der Waals surface area contributed by atoms with Crippen LogP contribution < -0.4 is 17.2 Å². The second-order valence-electron chi connectivity index (χ2n) is 7.89. The van der Waals surface area contributed by atoms with Crippen molar-refractivity contribution in [2.75, 3.05) is 5.73 Å². The smallest absolute Gasteiger partial charge is 0.320 e. The predicted octanol–water partition coefficient (Wildman–Crippen LogP) is -1.50. The summed E-state index contributed by atoms with van der Waals surface area (Å²) in [6, 6.07) is -1.51. The number of ether oxygens (including phenoxy) is 1. The van der Waals surface area contributed by atoms with Crippen LogP contribution in [0.5, 0.6) is 0 Å². The van der Waals surface area contributed by atoms with Gasteiger partial charge in [-0.1, -0.05) is 0 Å². The lowest BCUT2D eigenvalue weighted by atomic mass is 9.87. The highest BCUT2D eigenvalue weighted by atomic mass is 16.6. The van der Waals surface area contributed by atoms with Gasteiger partial charge in [-0.15, -0.1) is 0 Å². The number of nitrogens with zero attached hydrogens (tertiary/aromatic N) is 4. The summed E-state index contributed by atoms with van der Waals surface area (Å²) in [6.45, 7) is 3.25. The van der Waals surface area contributed by atoms with E-state index in [2.05, 4.69) is 15.0 Å². The molecule has 3 rings (SSSR count). The van der Waals surface area contributed by atoms with Crippen LogP contribution in [0.1, 0.15) is 33.1 Å². The fourth-order valence-electron chi connectivity index (χ4n) is 3.89. The summed E-state index contributed by atoms with van der Waals surface area (Å²) >= 11 is 0. The molecule has 3 heterocycles. The van der Waals surface area contributed by atoms with Gasteiger partial charge in [0.05, 0.1) is 11.9 Å². The quantitative estimate of drug-likeness (QED) is 0.310. The molecule has 1 fully saturated rings. The number of aliphatic carboxylic acids is 1. The van der Waals surface area contributed by atoms with Gasteiger partial charge in [-0.05, 0) is 33.1 Å². The third kappa shape index (κ3) is 3.65. The maximum atomic E-state index is 10.9. The van der Waals surface area contributed by atoms with E-state index in [9.17, 15) is 15.0 Å². The molecule has 1 aliphatic rings. The number of hydrogen-bond donors (Lipinski definition) is 6. The van der Waals surface area contributed by atoms with Crippen molar-refractivity contribution in [2.24, 2.45) is 11.5 Å². The first-order chi connectivity index (χ1) is 13.5. The van der Waals surface area contributed by atoms with Crippen LogP contribution in [-0.2, 0) is 15.3 Å². The Balaban J connectivity index is 1.83. The lowest BCUT2D eigenvalue weighted by Gasteiger charge is -2.33. The number of carboxylic acids is 1. The number of aromatic nitrogens is 4. The molecule has 2 unspecified atom stereocenters. The Labute approximate surface area is 166 Å². The molecule has 12 nitrogen and oxygen atoms in total. The van der Waals surface area contributed by atoms with Crippen LogP contribution in [-0.4, -0.2) is 70.7 Å². The second kappa shape index (κ2) is 7.46. The number of aliphatic hydroxyl groups is 2. The number of nitrogen functional groups attached to an aromatic ring is 1. The summed E-state index contributed by atoms with van der Waals surface area (Å²) in [6.07, 6.45) is 0.810. The minimum absolute atomic E-state index is 0.177. The number of carbonyl (C=O) groups is 1. The molecule has 1 saturated heterocycles. The number of hydrogen-bond acceptors (Lipinski definition) is 10. The summed E-state index contributed by atoms with van der Waals surface area (Å²) in [5, 5.41) is 30.5. The summed E-state index contributed by atoms with van der Waals surface area (Å²) in [4.78, 5) is 23.1. The Morgan fingerprint density at radius 2 is 1.93 bits per heavy atom. The molecule has 1 aliphatic heterocycles. The van der Waals surface area contributed by atoms with Gasteiger partial charge in [-0.3, -0.25) is 9.36 Å². The van der Waals surface area contributed by atoms with Gasteiger partial charge in [0, 0.05) is 6.04 Å². The molecular weight excluding hydrogens is 382 g/mol. The lowest BCUT2D eigenvalue weighted by molar-refractivity contribution is -0.162. The van der Waals surface area contributed by atoms with Crippen molar-refractivity contribution < 1.29 is 24.9 Å². The van der Waals surface area contributed by atoms with Gasteiger partial charge in [0.25, 0.3) is 0 Å². The van der Waals surface area contributed by atoms with E-state index < -0.39 is 41.6 Å². The first kappa shape index (κ1) is 21.3. The number of carboxylic acid groups (broad SMARTS) is 1. The molecule has 0 aromatic carbocycles. The monoisotopic (exact) mass is 409 g/mol. The van der Waals surface area contributed by atoms with E-state index >= 15 is 0 Å². The summed E-state index contributed by atoms with van der Waals surface area (Å²) in [5.74, 6) is -0.915. The topological polar surface area (TPSA) is 209 Å². The molecule has 160 valence electrons. The molecule has 0 amide bonds. The predicted molar refractivity (Wildman–Crippen MR) is 102 cm³/mol. The van der Waals surface area contributed by atoms with E-state index in [0.717, 1.165) is 0 Å². The van der Waals surface area contributed by atoms with Crippen LogP contribution >= 0.6 is 0 Å². The number of rotatable bonds is 7. The van der Waals surface area contributed by atoms with Crippen molar-refractivity contribution in [3.8, 4) is 0 Å². The van der Waals surface area contributed by atoms with Crippen LogP contribution in [0, 0.1) is 0 Å². The maximum Gasteiger partial charge on any atom is 0.320 e. The molecule has 0 bridgehead atoms. The van der Waals surface area contributed by atoms with Crippen molar-refractivity contribution in [1.29, 1.82) is 0 Å². The van der Waals surface area contributed by atoms with Crippen molar-refractivity contribution in [2.45, 2.75) is 68.7 Å². The number of fused-ring (bicyclic) bond motifs is 1. The summed E-state index contributed by atoms with van der Waals surface area (Å²) in [7, 11) is 0. The first-order valence-corrected chi connectivity index (χ1v) is 9.24. The standard InChI is InChI=1S/C17H27N7O5/c1-16(5-8(18)3-4-9(19)15(27)28)11(25)12(26)17(2,29-16)24-7-23-10-13(20)21-6-22-14(10)24/h6-9,11-12,25-26H,3-5,18-19H2,1-2H3,(H,27,28)(H2,20,21,22)/t8?,9?,11-,12+,16-,17-/m1/s1. The number of imidazole rings is 1. The van der Waals surface area contributed by atoms with Crippen molar-refractivity contribution in [1.82, 2.24) is 19.5 Å². The highest BCUT2D eigenvalue weighted by molar-refractivity contribution is 5.81. The van der Waals surface area contributed by atoms with E-state index in [1.807, 2.05) is 0 Å². The van der Waals surface area contributed by atoms with Gasteiger partial charge in [0.2, 0.25) is 0 Å². The van der Waals surface area contributed by atoms with Crippen LogP contribution in [0.3, 0.4) is 0 Å². The maximum absolute atomic E-state index is 10.9. The van der Waals surface area contributed by atoms with Gasteiger partial charge in [0.15, 0.2) is 17.2 Å². The molecule has 9 N–H and O–H groups in total. The normalized spacial score (nSPS) is 31.8. The largest absolute Gasteiger partial charge is 0.480 e. The molecule has 0 saturated carbocycles. The lowest BCUT2D eigenvalue weighted by Crippen LogP contribution is -2.45. The van der Waals surface area contributed by atoms with Crippen LogP contribution in [0.4, 0.5) is 5.82 Å². The Hall–Kier alpha value is -2.38. The average molecular weight is 409 g/mol.